The van der Waals surface area contributed by atoms with Crippen molar-refractivity contribution in [2.24, 2.45) is 11.8 Å². The zero-order valence-corrected chi connectivity index (χ0v) is 14.7. The standard InChI is InChI=1S/C16H20N2O6S/c1-18(2)25(23,24)10-7-8-14(19)13(9-10)17-15(20)11-5-3-4-6-12(11)16(21)22/h3-4,7-9,11-12,19H,5-6H2,1-2H3,(H,17,20)(H,21,22)/t11-,12-/m1/s1. The van der Waals surface area contributed by atoms with Gasteiger partial charge in [-0.15, -0.1) is 0 Å². The molecule has 0 radical (unpaired) electrons. The third kappa shape index (κ3) is 3.99. The number of rotatable bonds is 5. The molecule has 1 aromatic carbocycles. The molecule has 0 spiro atoms. The summed E-state index contributed by atoms with van der Waals surface area (Å²) in [6.45, 7) is 0. The van der Waals surface area contributed by atoms with Crippen molar-refractivity contribution < 1.29 is 28.2 Å². The molecule has 3 N–H and O–H groups in total. The second kappa shape index (κ2) is 7.24. The number of allylic oxidation sites excluding steroid dienone is 2. The van der Waals surface area contributed by atoms with Crippen molar-refractivity contribution in [3.63, 3.8) is 0 Å². The van der Waals surface area contributed by atoms with Crippen molar-refractivity contribution in [2.45, 2.75) is 17.7 Å². The van der Waals surface area contributed by atoms with Gasteiger partial charge in [0.1, 0.15) is 5.75 Å². The largest absolute Gasteiger partial charge is 0.506 e. The van der Waals surface area contributed by atoms with Crippen LogP contribution in [0.25, 0.3) is 0 Å². The van der Waals surface area contributed by atoms with Crippen LogP contribution < -0.4 is 5.32 Å². The maximum absolute atomic E-state index is 12.5. The van der Waals surface area contributed by atoms with Crippen LogP contribution in [-0.4, -0.2) is 48.9 Å². The lowest BCUT2D eigenvalue weighted by Gasteiger charge is -2.24. The van der Waals surface area contributed by atoms with Crippen LogP contribution in [0.15, 0.2) is 35.2 Å². The number of carboxylic acid groups (broad SMARTS) is 1. The van der Waals surface area contributed by atoms with E-state index in [9.17, 15) is 28.2 Å². The molecule has 0 aromatic heterocycles. The highest BCUT2D eigenvalue weighted by Gasteiger charge is 2.34. The van der Waals surface area contributed by atoms with Crippen molar-refractivity contribution >= 4 is 27.6 Å². The number of benzene rings is 1. The molecule has 0 saturated carbocycles. The van der Waals surface area contributed by atoms with Gasteiger partial charge in [0.2, 0.25) is 15.9 Å². The molecule has 0 saturated heterocycles. The van der Waals surface area contributed by atoms with E-state index in [4.69, 9.17) is 0 Å². The minimum Gasteiger partial charge on any atom is -0.506 e. The summed E-state index contributed by atoms with van der Waals surface area (Å²) in [7, 11) is -1.00. The number of anilines is 1. The van der Waals surface area contributed by atoms with E-state index < -0.39 is 33.7 Å². The number of aromatic hydroxyl groups is 1. The second-order valence-electron chi connectivity index (χ2n) is 5.95. The van der Waals surface area contributed by atoms with E-state index in [-0.39, 0.29) is 29.2 Å². The van der Waals surface area contributed by atoms with Gasteiger partial charge in [-0.1, -0.05) is 12.2 Å². The number of phenolic OH excluding ortho intramolecular Hbond substituents is 1. The van der Waals surface area contributed by atoms with Gasteiger partial charge < -0.3 is 15.5 Å². The highest BCUT2D eigenvalue weighted by Crippen LogP contribution is 2.31. The monoisotopic (exact) mass is 368 g/mol. The predicted molar refractivity (Wildman–Crippen MR) is 90.6 cm³/mol. The number of carboxylic acids is 1. The van der Waals surface area contributed by atoms with Crippen LogP contribution in [0, 0.1) is 11.8 Å². The van der Waals surface area contributed by atoms with Gasteiger partial charge in [0.05, 0.1) is 22.4 Å². The van der Waals surface area contributed by atoms with Crippen molar-refractivity contribution in [1.82, 2.24) is 4.31 Å². The first-order valence-electron chi connectivity index (χ1n) is 7.58. The van der Waals surface area contributed by atoms with E-state index in [1.54, 1.807) is 12.2 Å². The number of nitrogens with zero attached hydrogens (tertiary/aromatic N) is 1. The van der Waals surface area contributed by atoms with Gasteiger partial charge in [0, 0.05) is 14.1 Å². The molecule has 1 aliphatic rings. The Labute approximate surface area is 145 Å². The summed E-state index contributed by atoms with van der Waals surface area (Å²) in [5.41, 5.74) is -0.0772. The molecule has 0 fully saturated rings. The van der Waals surface area contributed by atoms with Gasteiger partial charge in [-0.3, -0.25) is 9.59 Å². The van der Waals surface area contributed by atoms with E-state index in [0.717, 1.165) is 10.4 Å². The molecule has 0 aliphatic heterocycles. The first-order chi connectivity index (χ1) is 11.6. The Morgan fingerprint density at radius 1 is 1.16 bits per heavy atom. The topological polar surface area (TPSA) is 124 Å². The summed E-state index contributed by atoms with van der Waals surface area (Å²) < 4.78 is 25.3. The fourth-order valence-electron chi connectivity index (χ4n) is 2.59. The summed E-state index contributed by atoms with van der Waals surface area (Å²) in [6, 6.07) is 3.54. The summed E-state index contributed by atoms with van der Waals surface area (Å²) in [5, 5.41) is 21.6. The second-order valence-corrected chi connectivity index (χ2v) is 8.10. The smallest absolute Gasteiger partial charge is 0.307 e. The fourth-order valence-corrected chi connectivity index (χ4v) is 3.52. The first-order valence-corrected chi connectivity index (χ1v) is 9.03. The zero-order chi connectivity index (χ0) is 18.8. The van der Waals surface area contributed by atoms with Crippen LogP contribution in [0.4, 0.5) is 5.69 Å². The number of amides is 1. The average Bonchev–Trinajstić information content (AvgIpc) is 2.56. The molecule has 1 aromatic rings. The molecule has 1 aliphatic carbocycles. The maximum atomic E-state index is 12.5. The number of phenols is 1. The molecule has 1 amide bonds. The van der Waals surface area contributed by atoms with Gasteiger partial charge in [-0.2, -0.15) is 0 Å². The highest BCUT2D eigenvalue weighted by molar-refractivity contribution is 7.89. The quantitative estimate of drug-likeness (QED) is 0.531. The SMILES string of the molecule is CN(C)S(=O)(=O)c1ccc(O)c(NC(=O)[C@@H]2CC=CC[C@H]2C(=O)O)c1. The van der Waals surface area contributed by atoms with Crippen molar-refractivity contribution in [3.8, 4) is 5.75 Å². The van der Waals surface area contributed by atoms with E-state index in [0.29, 0.717) is 0 Å². The van der Waals surface area contributed by atoms with E-state index in [2.05, 4.69) is 5.32 Å². The van der Waals surface area contributed by atoms with Gasteiger partial charge >= 0.3 is 5.97 Å². The van der Waals surface area contributed by atoms with Gasteiger partial charge in [0.15, 0.2) is 0 Å². The fraction of sp³-hybridized carbons (Fsp3) is 0.375. The third-order valence-electron chi connectivity index (χ3n) is 4.09. The molecule has 0 heterocycles. The van der Waals surface area contributed by atoms with E-state index in [1.807, 2.05) is 0 Å². The Morgan fingerprint density at radius 3 is 2.32 bits per heavy atom. The molecule has 25 heavy (non-hydrogen) atoms. The van der Waals surface area contributed by atoms with E-state index >= 15 is 0 Å². The molecule has 2 atom stereocenters. The Kier molecular flexibility index (Phi) is 5.48. The summed E-state index contributed by atoms with van der Waals surface area (Å²) in [5.74, 6) is -3.61. The van der Waals surface area contributed by atoms with E-state index in [1.165, 1.54) is 26.2 Å². The number of aliphatic carboxylic acids is 1. The molecule has 0 unspecified atom stereocenters. The summed E-state index contributed by atoms with van der Waals surface area (Å²) in [4.78, 5) is 23.7. The average molecular weight is 368 g/mol. The van der Waals surface area contributed by atoms with Crippen LogP contribution in [-0.2, 0) is 19.6 Å². The number of carbonyl (C=O) groups excluding carboxylic acids is 1. The van der Waals surface area contributed by atoms with Crippen LogP contribution >= 0.6 is 0 Å². The molecule has 0 bridgehead atoms. The lowest BCUT2D eigenvalue weighted by Crippen LogP contribution is -2.34. The highest BCUT2D eigenvalue weighted by atomic mass is 32.2. The number of carbonyl (C=O) groups is 2. The minimum atomic E-state index is -3.74. The molecule has 8 nitrogen and oxygen atoms in total. The number of sulfonamides is 1. The van der Waals surface area contributed by atoms with Crippen molar-refractivity contribution in [3.05, 3.63) is 30.4 Å². The number of nitrogens with one attached hydrogen (secondary N) is 1. The zero-order valence-electron chi connectivity index (χ0n) is 13.8. The molecular weight excluding hydrogens is 348 g/mol. The molecule has 9 heteroatoms. The Hall–Kier alpha value is -2.39. The molecular formula is C16H20N2O6S. The Morgan fingerprint density at radius 2 is 1.76 bits per heavy atom. The normalized spacial score (nSPS) is 20.4. The predicted octanol–water partition coefficient (Wildman–Crippen LogP) is 1.25. The lowest BCUT2D eigenvalue weighted by molar-refractivity contribution is -0.146. The van der Waals surface area contributed by atoms with Gasteiger partial charge in [-0.25, -0.2) is 12.7 Å². The van der Waals surface area contributed by atoms with Gasteiger partial charge in [-0.05, 0) is 31.0 Å². The van der Waals surface area contributed by atoms with Crippen LogP contribution in [0.5, 0.6) is 5.75 Å². The number of hydrogen-bond donors (Lipinski definition) is 3. The third-order valence-corrected chi connectivity index (χ3v) is 5.90. The van der Waals surface area contributed by atoms with Crippen LogP contribution in [0.1, 0.15) is 12.8 Å². The Balaban J connectivity index is 2.29. The number of hydrogen-bond acceptors (Lipinski definition) is 5. The van der Waals surface area contributed by atoms with Crippen molar-refractivity contribution in [1.29, 1.82) is 0 Å². The van der Waals surface area contributed by atoms with Crippen LogP contribution in [0.2, 0.25) is 0 Å². The summed E-state index contributed by atoms with van der Waals surface area (Å²) in [6.07, 6.45) is 3.95. The van der Waals surface area contributed by atoms with Gasteiger partial charge in [0.25, 0.3) is 0 Å². The molecule has 136 valence electrons. The van der Waals surface area contributed by atoms with Crippen molar-refractivity contribution in [2.75, 3.05) is 19.4 Å². The minimum absolute atomic E-state index is 0.0772. The first kappa shape index (κ1) is 18.9. The maximum Gasteiger partial charge on any atom is 0.307 e. The lowest BCUT2D eigenvalue weighted by atomic mass is 9.82. The van der Waals surface area contributed by atoms with Crippen LogP contribution in [0.3, 0.4) is 0 Å². The molecule has 2 rings (SSSR count). The Bertz CT molecular complexity index is 816. The summed E-state index contributed by atoms with van der Waals surface area (Å²) >= 11 is 0.